The molecule has 9 heteroatoms. The van der Waals surface area contributed by atoms with Gasteiger partial charge in [-0.05, 0) is 49.1 Å². The largest absolute Gasteiger partial charge is 0.493 e. The first-order valence-electron chi connectivity index (χ1n) is 13.5. The SMILES string of the molecule is CCC(NC(=O)c1ccc(C2=N[C@@H]3CCCC[C@@H]3c3cc(OC(F)F)c(OC)cc32)cc1)C1COCCN1. The third-order valence-corrected chi connectivity index (χ3v) is 7.84. The van der Waals surface area contributed by atoms with Crippen molar-refractivity contribution in [3.8, 4) is 11.5 Å². The maximum absolute atomic E-state index is 13.1. The monoisotopic (exact) mass is 527 g/mol. The van der Waals surface area contributed by atoms with Crippen LogP contribution in [0.5, 0.6) is 11.5 Å². The number of methoxy groups -OCH3 is 1. The van der Waals surface area contributed by atoms with Crippen LogP contribution in [0.25, 0.3) is 0 Å². The van der Waals surface area contributed by atoms with Gasteiger partial charge in [-0.3, -0.25) is 9.79 Å². The normalized spacial score (nSPS) is 23.6. The first kappa shape index (κ1) is 26.6. The van der Waals surface area contributed by atoms with E-state index in [4.69, 9.17) is 19.2 Å². The van der Waals surface area contributed by atoms with Crippen LogP contribution in [0.15, 0.2) is 41.4 Å². The van der Waals surface area contributed by atoms with E-state index < -0.39 is 6.61 Å². The predicted molar refractivity (Wildman–Crippen MR) is 141 cm³/mol. The van der Waals surface area contributed by atoms with E-state index in [2.05, 4.69) is 10.6 Å². The summed E-state index contributed by atoms with van der Waals surface area (Å²) in [7, 11) is 1.44. The van der Waals surface area contributed by atoms with Crippen molar-refractivity contribution in [3.63, 3.8) is 0 Å². The van der Waals surface area contributed by atoms with Gasteiger partial charge in [0.2, 0.25) is 0 Å². The van der Waals surface area contributed by atoms with E-state index in [1.807, 2.05) is 31.2 Å². The number of aliphatic imine (C=N–C) groups is 1. The Bertz CT molecular complexity index is 1170. The number of nitrogens with zero attached hydrogens (tertiary/aromatic N) is 1. The Hall–Kier alpha value is -3.04. The molecule has 1 saturated heterocycles. The number of carbonyl (C=O) groups excluding carboxylic acids is 1. The van der Waals surface area contributed by atoms with E-state index in [9.17, 15) is 13.6 Å². The molecular formula is C29H35F2N3O4. The van der Waals surface area contributed by atoms with E-state index in [0.717, 1.165) is 61.1 Å². The van der Waals surface area contributed by atoms with Crippen molar-refractivity contribution in [2.24, 2.45) is 4.99 Å². The molecule has 0 bridgehead atoms. The summed E-state index contributed by atoms with van der Waals surface area (Å²) in [5.41, 5.74) is 4.04. The first-order chi connectivity index (χ1) is 18.5. The van der Waals surface area contributed by atoms with Crippen LogP contribution in [0.1, 0.15) is 72.0 Å². The Labute approximate surface area is 222 Å². The number of fused-ring (bicyclic) bond motifs is 3. The third-order valence-electron chi connectivity index (χ3n) is 7.84. The second-order valence-corrected chi connectivity index (χ2v) is 10.1. The van der Waals surface area contributed by atoms with Crippen molar-refractivity contribution in [1.82, 2.24) is 10.6 Å². The summed E-state index contributed by atoms with van der Waals surface area (Å²) in [4.78, 5) is 18.2. The Kier molecular flexibility index (Phi) is 8.24. The minimum atomic E-state index is -2.94. The second-order valence-electron chi connectivity index (χ2n) is 10.1. The fourth-order valence-electron chi connectivity index (χ4n) is 5.89. The van der Waals surface area contributed by atoms with Crippen LogP contribution < -0.4 is 20.1 Å². The van der Waals surface area contributed by atoms with Crippen molar-refractivity contribution in [1.29, 1.82) is 0 Å². The molecule has 2 aliphatic heterocycles. The molecule has 0 spiro atoms. The molecule has 1 amide bonds. The lowest BCUT2D eigenvalue weighted by atomic mass is 9.75. The smallest absolute Gasteiger partial charge is 0.387 e. The number of halogens is 2. The number of morpholine rings is 1. The molecule has 1 aliphatic carbocycles. The van der Waals surface area contributed by atoms with Gasteiger partial charge < -0.3 is 24.8 Å². The van der Waals surface area contributed by atoms with Gasteiger partial charge in [0.1, 0.15) is 0 Å². The number of carbonyl (C=O) groups is 1. The van der Waals surface area contributed by atoms with Gasteiger partial charge in [0.25, 0.3) is 5.91 Å². The summed E-state index contributed by atoms with van der Waals surface area (Å²) in [6.45, 7) is 1.15. The van der Waals surface area contributed by atoms with Crippen molar-refractivity contribution in [3.05, 3.63) is 58.7 Å². The van der Waals surface area contributed by atoms with Gasteiger partial charge in [-0.15, -0.1) is 0 Å². The standard InChI is InChI=1S/C29H35F2N3O4/c1-3-22(24-16-37-13-12-32-24)34-28(35)18-10-8-17(9-11-18)27-21-15-25(36-2)26(38-29(30)31)14-20(21)19-6-4-5-7-23(19)33-27/h8-11,14-15,19,22-24,29,32H,3-7,12-13,16H2,1-2H3,(H,34,35)/t19-,22?,23-,24?/m1/s1. The Balaban J connectivity index is 1.42. The lowest BCUT2D eigenvalue weighted by Crippen LogP contribution is -2.55. The zero-order valence-corrected chi connectivity index (χ0v) is 21.8. The fraction of sp³-hybridized carbons (Fsp3) is 0.517. The second kappa shape index (κ2) is 11.8. The highest BCUT2D eigenvalue weighted by Crippen LogP contribution is 2.45. The van der Waals surface area contributed by atoms with Crippen LogP contribution in [-0.4, -0.2) is 63.2 Å². The average Bonchev–Trinajstić information content (AvgIpc) is 2.95. The van der Waals surface area contributed by atoms with E-state index >= 15 is 0 Å². The maximum Gasteiger partial charge on any atom is 0.387 e. The van der Waals surface area contributed by atoms with Crippen LogP contribution in [-0.2, 0) is 4.74 Å². The Morgan fingerprint density at radius 1 is 1.18 bits per heavy atom. The summed E-state index contributed by atoms with van der Waals surface area (Å²) in [6, 6.07) is 11.0. The van der Waals surface area contributed by atoms with Gasteiger partial charge >= 0.3 is 6.61 Å². The Morgan fingerprint density at radius 3 is 2.66 bits per heavy atom. The molecule has 4 atom stereocenters. The summed E-state index contributed by atoms with van der Waals surface area (Å²) in [6.07, 6.45) is 4.85. The molecule has 204 valence electrons. The van der Waals surface area contributed by atoms with Gasteiger partial charge in [-0.2, -0.15) is 8.78 Å². The topological polar surface area (TPSA) is 81.2 Å². The summed E-state index contributed by atoms with van der Waals surface area (Å²) in [5.74, 6) is 0.307. The van der Waals surface area contributed by atoms with Crippen molar-refractivity contribution < 1.29 is 27.8 Å². The molecule has 1 saturated carbocycles. The van der Waals surface area contributed by atoms with Crippen LogP contribution in [0.4, 0.5) is 8.78 Å². The van der Waals surface area contributed by atoms with Crippen molar-refractivity contribution >= 4 is 11.6 Å². The lowest BCUT2D eigenvalue weighted by molar-refractivity contribution is -0.0512. The highest BCUT2D eigenvalue weighted by molar-refractivity contribution is 6.15. The van der Waals surface area contributed by atoms with E-state index in [1.165, 1.54) is 7.11 Å². The van der Waals surface area contributed by atoms with Gasteiger partial charge in [-0.25, -0.2) is 0 Å². The molecule has 2 fully saturated rings. The summed E-state index contributed by atoms with van der Waals surface area (Å²) in [5, 5.41) is 6.56. The average molecular weight is 528 g/mol. The fourth-order valence-corrected chi connectivity index (χ4v) is 5.89. The third kappa shape index (κ3) is 5.54. The molecule has 7 nitrogen and oxygen atoms in total. The highest BCUT2D eigenvalue weighted by atomic mass is 19.3. The number of nitrogens with one attached hydrogen (secondary N) is 2. The zero-order chi connectivity index (χ0) is 26.6. The molecule has 2 heterocycles. The van der Waals surface area contributed by atoms with Crippen molar-refractivity contribution in [2.75, 3.05) is 26.9 Å². The molecule has 5 rings (SSSR count). The maximum atomic E-state index is 13.1. The number of benzene rings is 2. The molecule has 38 heavy (non-hydrogen) atoms. The molecule has 2 unspecified atom stereocenters. The van der Waals surface area contributed by atoms with Gasteiger partial charge in [-0.1, -0.05) is 31.9 Å². The van der Waals surface area contributed by atoms with Gasteiger partial charge in [0.15, 0.2) is 11.5 Å². The van der Waals surface area contributed by atoms with E-state index in [-0.39, 0.29) is 41.4 Å². The number of amides is 1. The number of hydrogen-bond donors (Lipinski definition) is 2. The lowest BCUT2D eigenvalue weighted by Gasteiger charge is -2.36. The van der Waals surface area contributed by atoms with Gasteiger partial charge in [0, 0.05) is 35.2 Å². The molecule has 2 N–H and O–H groups in total. The zero-order valence-electron chi connectivity index (χ0n) is 21.8. The van der Waals surface area contributed by atoms with E-state index in [0.29, 0.717) is 18.8 Å². The number of hydrogen-bond acceptors (Lipinski definition) is 6. The van der Waals surface area contributed by atoms with Crippen LogP contribution >= 0.6 is 0 Å². The highest BCUT2D eigenvalue weighted by Gasteiger charge is 2.35. The molecule has 3 aliphatic rings. The molecule has 2 aromatic rings. The minimum absolute atomic E-state index is 0.0302. The first-order valence-corrected chi connectivity index (χ1v) is 13.5. The molecular weight excluding hydrogens is 492 g/mol. The Morgan fingerprint density at radius 2 is 1.97 bits per heavy atom. The predicted octanol–water partition coefficient (Wildman–Crippen LogP) is 4.67. The number of ether oxygens (including phenoxy) is 3. The number of rotatable bonds is 8. The van der Waals surface area contributed by atoms with Crippen molar-refractivity contribution in [2.45, 2.75) is 69.7 Å². The number of alkyl halides is 2. The summed E-state index contributed by atoms with van der Waals surface area (Å²) >= 11 is 0. The van der Waals surface area contributed by atoms with Crippen LogP contribution in [0, 0.1) is 0 Å². The minimum Gasteiger partial charge on any atom is -0.493 e. The van der Waals surface area contributed by atoms with Crippen LogP contribution in [0.3, 0.4) is 0 Å². The van der Waals surface area contributed by atoms with Gasteiger partial charge in [0.05, 0.1) is 38.1 Å². The summed E-state index contributed by atoms with van der Waals surface area (Å²) < 4.78 is 42.0. The van der Waals surface area contributed by atoms with E-state index in [1.54, 1.807) is 12.1 Å². The quantitative estimate of drug-likeness (QED) is 0.522. The molecule has 2 aromatic carbocycles. The molecule has 0 radical (unpaired) electrons. The van der Waals surface area contributed by atoms with Crippen LogP contribution in [0.2, 0.25) is 0 Å². The molecule has 0 aromatic heterocycles.